The van der Waals surface area contributed by atoms with Gasteiger partial charge in [0.25, 0.3) is 0 Å². The SMILES string of the molecule is COc1c(C#N)c(N)nc(Cl)c1C#N. The minimum atomic E-state index is -0.0687. The van der Waals surface area contributed by atoms with Crippen molar-refractivity contribution in [1.29, 1.82) is 10.5 Å². The number of anilines is 1. The fraction of sp³-hybridized carbons (Fsp3) is 0.125. The molecule has 0 aliphatic rings. The van der Waals surface area contributed by atoms with Crippen LogP contribution in [0.25, 0.3) is 0 Å². The molecule has 70 valence electrons. The van der Waals surface area contributed by atoms with Crippen LogP contribution in [0.2, 0.25) is 5.15 Å². The van der Waals surface area contributed by atoms with Crippen LogP contribution in [0.5, 0.6) is 5.75 Å². The summed E-state index contributed by atoms with van der Waals surface area (Å²) in [7, 11) is 1.33. The van der Waals surface area contributed by atoms with Crippen molar-refractivity contribution in [2.45, 2.75) is 0 Å². The molecule has 0 fully saturated rings. The van der Waals surface area contributed by atoms with E-state index in [0.29, 0.717) is 0 Å². The molecule has 1 aromatic heterocycles. The number of ether oxygens (including phenoxy) is 1. The summed E-state index contributed by atoms with van der Waals surface area (Å²) in [5.41, 5.74) is 5.46. The highest BCUT2D eigenvalue weighted by atomic mass is 35.5. The third-order valence-corrected chi connectivity index (χ3v) is 1.84. The van der Waals surface area contributed by atoms with Gasteiger partial charge < -0.3 is 10.5 Å². The van der Waals surface area contributed by atoms with Gasteiger partial charge in [0, 0.05) is 0 Å². The van der Waals surface area contributed by atoms with Crippen LogP contribution in [0.1, 0.15) is 11.1 Å². The number of aromatic nitrogens is 1. The maximum atomic E-state index is 8.74. The maximum Gasteiger partial charge on any atom is 0.161 e. The second kappa shape index (κ2) is 3.82. The lowest BCUT2D eigenvalue weighted by Gasteiger charge is -2.07. The minimum absolute atomic E-state index is 0.0138. The molecule has 0 aromatic carbocycles. The Balaban J connectivity index is 3.64. The molecule has 0 aliphatic heterocycles. The van der Waals surface area contributed by atoms with Gasteiger partial charge in [-0.05, 0) is 0 Å². The highest BCUT2D eigenvalue weighted by Crippen LogP contribution is 2.30. The topological polar surface area (TPSA) is 95.7 Å². The molecule has 5 nitrogen and oxygen atoms in total. The predicted molar refractivity (Wildman–Crippen MR) is 49.6 cm³/mol. The molecule has 14 heavy (non-hydrogen) atoms. The monoisotopic (exact) mass is 208 g/mol. The van der Waals surface area contributed by atoms with Gasteiger partial charge in [0.15, 0.2) is 10.9 Å². The molecule has 2 N–H and O–H groups in total. The van der Waals surface area contributed by atoms with Crippen molar-refractivity contribution in [3.05, 3.63) is 16.3 Å². The first-order chi connectivity index (χ1) is 6.65. The van der Waals surface area contributed by atoms with E-state index in [4.69, 9.17) is 32.6 Å². The van der Waals surface area contributed by atoms with E-state index in [1.54, 1.807) is 12.1 Å². The summed E-state index contributed by atoms with van der Waals surface area (Å²) >= 11 is 5.64. The smallest absolute Gasteiger partial charge is 0.161 e. The van der Waals surface area contributed by atoms with Gasteiger partial charge in [-0.25, -0.2) is 4.98 Å². The van der Waals surface area contributed by atoms with Crippen LogP contribution in [0, 0.1) is 22.7 Å². The summed E-state index contributed by atoms with van der Waals surface area (Å²) in [6.07, 6.45) is 0. The summed E-state index contributed by atoms with van der Waals surface area (Å²) in [5.74, 6) is 0.0147. The Labute approximate surface area is 85.3 Å². The molecular weight excluding hydrogens is 204 g/mol. The third-order valence-electron chi connectivity index (χ3n) is 1.56. The summed E-state index contributed by atoms with van der Waals surface area (Å²) < 4.78 is 4.87. The molecule has 0 radical (unpaired) electrons. The molecule has 1 heterocycles. The number of methoxy groups -OCH3 is 1. The predicted octanol–water partition coefficient (Wildman–Crippen LogP) is 1.07. The van der Waals surface area contributed by atoms with E-state index in [-0.39, 0.29) is 27.8 Å². The molecule has 0 bridgehead atoms. The van der Waals surface area contributed by atoms with Gasteiger partial charge >= 0.3 is 0 Å². The lowest BCUT2D eigenvalue weighted by atomic mass is 10.2. The van der Waals surface area contributed by atoms with Crippen LogP contribution in [-0.4, -0.2) is 12.1 Å². The average Bonchev–Trinajstić information content (AvgIpc) is 2.16. The van der Waals surface area contributed by atoms with Gasteiger partial charge in [0.1, 0.15) is 29.1 Å². The van der Waals surface area contributed by atoms with Crippen molar-refractivity contribution >= 4 is 17.4 Å². The Morgan fingerprint density at radius 3 is 2.36 bits per heavy atom. The number of halogens is 1. The highest BCUT2D eigenvalue weighted by molar-refractivity contribution is 6.31. The van der Waals surface area contributed by atoms with E-state index < -0.39 is 0 Å². The molecule has 0 atom stereocenters. The molecule has 0 saturated heterocycles. The number of nitriles is 2. The summed E-state index contributed by atoms with van der Waals surface area (Å²) in [4.78, 5) is 3.64. The van der Waals surface area contributed by atoms with Gasteiger partial charge in [0.05, 0.1) is 7.11 Å². The lowest BCUT2D eigenvalue weighted by molar-refractivity contribution is 0.412. The Morgan fingerprint density at radius 1 is 1.36 bits per heavy atom. The number of nitrogen functional groups attached to an aromatic ring is 1. The van der Waals surface area contributed by atoms with E-state index >= 15 is 0 Å². The van der Waals surface area contributed by atoms with Gasteiger partial charge in [-0.3, -0.25) is 0 Å². The first kappa shape index (κ1) is 10.1. The molecule has 0 unspecified atom stereocenters. The maximum absolute atomic E-state index is 8.74. The summed E-state index contributed by atoms with van der Waals surface area (Å²) in [6, 6.07) is 3.59. The highest BCUT2D eigenvalue weighted by Gasteiger charge is 2.17. The summed E-state index contributed by atoms with van der Waals surface area (Å²) in [6.45, 7) is 0. The standard InChI is InChI=1S/C8H5ClN4O/c1-14-6-4(2-10)7(9)13-8(12)5(6)3-11/h1H3,(H2,12,13). The van der Waals surface area contributed by atoms with Crippen LogP contribution in [0.4, 0.5) is 5.82 Å². The van der Waals surface area contributed by atoms with Crippen LogP contribution in [-0.2, 0) is 0 Å². The largest absolute Gasteiger partial charge is 0.494 e. The number of nitrogens with zero attached hydrogens (tertiary/aromatic N) is 3. The zero-order valence-electron chi connectivity index (χ0n) is 7.21. The van der Waals surface area contributed by atoms with Crippen molar-refractivity contribution < 1.29 is 4.74 Å². The Hall–Kier alpha value is -1.98. The van der Waals surface area contributed by atoms with Crippen molar-refractivity contribution in [2.75, 3.05) is 12.8 Å². The van der Waals surface area contributed by atoms with Crippen LogP contribution in [0.3, 0.4) is 0 Å². The van der Waals surface area contributed by atoms with Crippen LogP contribution >= 0.6 is 11.6 Å². The number of pyridine rings is 1. The molecule has 0 saturated carbocycles. The normalized spacial score (nSPS) is 8.86. The number of hydrogen-bond acceptors (Lipinski definition) is 5. The fourth-order valence-electron chi connectivity index (χ4n) is 0.962. The van der Waals surface area contributed by atoms with E-state index in [1.165, 1.54) is 7.11 Å². The number of hydrogen-bond donors (Lipinski definition) is 1. The van der Waals surface area contributed by atoms with Gasteiger partial charge in [-0.15, -0.1) is 0 Å². The van der Waals surface area contributed by atoms with Crippen molar-refractivity contribution in [2.24, 2.45) is 0 Å². The van der Waals surface area contributed by atoms with Crippen molar-refractivity contribution in [3.8, 4) is 17.9 Å². The molecule has 0 aliphatic carbocycles. The molecule has 0 amide bonds. The van der Waals surface area contributed by atoms with Gasteiger partial charge in [0.2, 0.25) is 0 Å². The molecule has 0 spiro atoms. The quantitative estimate of drug-likeness (QED) is 0.697. The van der Waals surface area contributed by atoms with Gasteiger partial charge in [-0.1, -0.05) is 11.6 Å². The second-order valence-corrected chi connectivity index (χ2v) is 2.65. The first-order valence-corrected chi connectivity index (χ1v) is 3.86. The molecular formula is C8H5ClN4O. The minimum Gasteiger partial charge on any atom is -0.494 e. The van der Waals surface area contributed by atoms with E-state index in [9.17, 15) is 0 Å². The number of nitrogens with two attached hydrogens (primary N) is 1. The second-order valence-electron chi connectivity index (χ2n) is 2.29. The zero-order chi connectivity index (χ0) is 10.7. The first-order valence-electron chi connectivity index (χ1n) is 3.48. The lowest BCUT2D eigenvalue weighted by Crippen LogP contribution is -2.01. The Kier molecular flexibility index (Phi) is 2.76. The molecule has 1 aromatic rings. The van der Waals surface area contributed by atoms with E-state index in [1.807, 2.05) is 0 Å². The van der Waals surface area contributed by atoms with Crippen LogP contribution in [0.15, 0.2) is 0 Å². The average molecular weight is 209 g/mol. The van der Waals surface area contributed by atoms with Crippen LogP contribution < -0.4 is 10.5 Å². The number of rotatable bonds is 1. The van der Waals surface area contributed by atoms with E-state index in [0.717, 1.165) is 0 Å². The summed E-state index contributed by atoms with van der Waals surface area (Å²) in [5, 5.41) is 17.4. The Bertz CT molecular complexity index is 420. The molecule has 1 rings (SSSR count). The van der Waals surface area contributed by atoms with E-state index in [2.05, 4.69) is 4.98 Å². The van der Waals surface area contributed by atoms with Crippen molar-refractivity contribution in [1.82, 2.24) is 4.98 Å². The van der Waals surface area contributed by atoms with Crippen molar-refractivity contribution in [3.63, 3.8) is 0 Å². The molecule has 6 heteroatoms. The third kappa shape index (κ3) is 1.41. The Morgan fingerprint density at radius 2 is 1.93 bits per heavy atom. The zero-order valence-corrected chi connectivity index (χ0v) is 7.96. The van der Waals surface area contributed by atoms with Gasteiger partial charge in [-0.2, -0.15) is 10.5 Å². The fourth-order valence-corrected chi connectivity index (χ4v) is 1.18.